The molecule has 5 nitrogen and oxygen atoms in total. The van der Waals surface area contributed by atoms with Crippen LogP contribution in [0, 0.1) is 0 Å². The first-order chi connectivity index (χ1) is 13.7. The van der Waals surface area contributed by atoms with Gasteiger partial charge in [0.05, 0.1) is 0 Å². The van der Waals surface area contributed by atoms with Crippen LogP contribution in [0.4, 0.5) is 21.9 Å². The van der Waals surface area contributed by atoms with Gasteiger partial charge in [-0.25, -0.2) is 4.79 Å². The third kappa shape index (κ3) is 5.27. The van der Waals surface area contributed by atoms with Gasteiger partial charge in [0.1, 0.15) is 12.4 Å². The lowest BCUT2D eigenvalue weighted by atomic mass is 10.2. The highest BCUT2D eigenvalue weighted by Gasteiger charge is 2.23. The molecule has 142 valence electrons. The van der Waals surface area contributed by atoms with Crippen LogP contribution in [-0.2, 0) is 6.61 Å². The molecule has 0 aliphatic heterocycles. The van der Waals surface area contributed by atoms with Crippen molar-refractivity contribution >= 4 is 23.1 Å². The molecule has 1 aliphatic rings. The van der Waals surface area contributed by atoms with Crippen LogP contribution in [0.2, 0.25) is 0 Å². The van der Waals surface area contributed by atoms with Crippen LogP contribution in [0.25, 0.3) is 0 Å². The third-order valence-electron chi connectivity index (χ3n) is 4.45. The monoisotopic (exact) mass is 373 g/mol. The van der Waals surface area contributed by atoms with E-state index in [9.17, 15) is 4.79 Å². The largest absolute Gasteiger partial charge is 0.489 e. The number of urea groups is 1. The Labute approximate surface area is 164 Å². The van der Waals surface area contributed by atoms with E-state index in [1.54, 1.807) is 0 Å². The van der Waals surface area contributed by atoms with Gasteiger partial charge in [-0.15, -0.1) is 0 Å². The average molecular weight is 373 g/mol. The lowest BCUT2D eigenvalue weighted by Crippen LogP contribution is -2.30. The quantitative estimate of drug-likeness (QED) is 0.527. The van der Waals surface area contributed by atoms with Crippen LogP contribution in [-0.4, -0.2) is 12.1 Å². The van der Waals surface area contributed by atoms with Crippen LogP contribution in [0.3, 0.4) is 0 Å². The smallest absolute Gasteiger partial charge is 0.319 e. The third-order valence-corrected chi connectivity index (χ3v) is 4.45. The number of anilines is 3. The highest BCUT2D eigenvalue weighted by Crippen LogP contribution is 2.22. The van der Waals surface area contributed by atoms with E-state index in [0.29, 0.717) is 12.6 Å². The zero-order valence-electron chi connectivity index (χ0n) is 15.5. The molecule has 0 aromatic heterocycles. The van der Waals surface area contributed by atoms with E-state index in [2.05, 4.69) is 16.0 Å². The summed E-state index contributed by atoms with van der Waals surface area (Å²) >= 11 is 0. The highest BCUT2D eigenvalue weighted by atomic mass is 16.5. The fraction of sp³-hybridized carbons (Fsp3) is 0.174. The molecule has 28 heavy (non-hydrogen) atoms. The van der Waals surface area contributed by atoms with Gasteiger partial charge in [-0.3, -0.25) is 0 Å². The summed E-state index contributed by atoms with van der Waals surface area (Å²) in [6.07, 6.45) is 2.15. The Hall–Kier alpha value is -3.47. The number of rotatable bonds is 7. The second-order valence-electron chi connectivity index (χ2n) is 6.87. The molecule has 3 N–H and O–H groups in total. The first kappa shape index (κ1) is 17.9. The van der Waals surface area contributed by atoms with Gasteiger partial charge in [0, 0.05) is 23.1 Å². The molecular weight excluding hydrogens is 350 g/mol. The Kier molecular flexibility index (Phi) is 5.43. The molecule has 0 heterocycles. The topological polar surface area (TPSA) is 62.4 Å². The fourth-order valence-corrected chi connectivity index (χ4v) is 2.76. The summed E-state index contributed by atoms with van der Waals surface area (Å²) in [5.74, 6) is 0.829. The van der Waals surface area contributed by atoms with E-state index in [0.717, 1.165) is 41.2 Å². The van der Waals surface area contributed by atoms with Crippen LogP contribution >= 0.6 is 0 Å². The molecule has 1 aliphatic carbocycles. The number of hydrogen-bond acceptors (Lipinski definition) is 3. The summed E-state index contributed by atoms with van der Waals surface area (Å²) < 4.78 is 5.81. The molecule has 3 aromatic carbocycles. The maximum absolute atomic E-state index is 11.8. The minimum absolute atomic E-state index is 0.144. The van der Waals surface area contributed by atoms with Gasteiger partial charge in [-0.05, 0) is 66.9 Å². The van der Waals surface area contributed by atoms with Crippen molar-refractivity contribution in [1.82, 2.24) is 5.32 Å². The second kappa shape index (κ2) is 8.48. The molecule has 2 amide bonds. The van der Waals surface area contributed by atoms with Gasteiger partial charge < -0.3 is 20.7 Å². The van der Waals surface area contributed by atoms with Gasteiger partial charge in [-0.2, -0.15) is 0 Å². The van der Waals surface area contributed by atoms with E-state index in [1.807, 2.05) is 78.9 Å². The molecule has 1 saturated carbocycles. The van der Waals surface area contributed by atoms with Gasteiger partial charge in [-0.1, -0.05) is 30.3 Å². The predicted molar refractivity (Wildman–Crippen MR) is 112 cm³/mol. The molecule has 4 rings (SSSR count). The fourth-order valence-electron chi connectivity index (χ4n) is 2.76. The maximum atomic E-state index is 11.8. The molecule has 5 heteroatoms. The highest BCUT2D eigenvalue weighted by molar-refractivity contribution is 5.89. The molecule has 1 fully saturated rings. The maximum Gasteiger partial charge on any atom is 0.319 e. The normalized spacial score (nSPS) is 12.9. The van der Waals surface area contributed by atoms with Gasteiger partial charge in [0.25, 0.3) is 0 Å². The Bertz CT molecular complexity index is 905. The molecule has 0 saturated heterocycles. The second-order valence-corrected chi connectivity index (χ2v) is 6.87. The van der Waals surface area contributed by atoms with Crippen LogP contribution in [0.1, 0.15) is 18.4 Å². The number of hydrogen-bond donors (Lipinski definition) is 3. The van der Waals surface area contributed by atoms with Crippen molar-refractivity contribution in [3.8, 4) is 5.75 Å². The van der Waals surface area contributed by atoms with Gasteiger partial charge >= 0.3 is 6.03 Å². The molecule has 0 bridgehead atoms. The molecular formula is C23H23N3O2. The number of carbonyl (C=O) groups excluding carboxylic acids is 1. The zero-order valence-corrected chi connectivity index (χ0v) is 15.5. The average Bonchev–Trinajstić information content (AvgIpc) is 3.54. The standard InChI is InChI=1S/C23H23N3O2/c27-23(26-21-10-11-21)25-20-8-6-18(7-9-20)24-19-12-14-22(15-13-19)28-16-17-4-2-1-3-5-17/h1-9,12-15,21,24H,10-11,16H2,(H2,25,26,27). The van der Waals surface area contributed by atoms with E-state index in [-0.39, 0.29) is 6.03 Å². The summed E-state index contributed by atoms with van der Waals surface area (Å²) in [6.45, 7) is 0.552. The van der Waals surface area contributed by atoms with Gasteiger partial charge in [0.2, 0.25) is 0 Å². The molecule has 0 unspecified atom stereocenters. The van der Waals surface area contributed by atoms with E-state index in [1.165, 1.54) is 0 Å². The summed E-state index contributed by atoms with van der Waals surface area (Å²) in [7, 11) is 0. The number of nitrogens with one attached hydrogen (secondary N) is 3. The Morgan fingerprint density at radius 1 is 0.821 bits per heavy atom. The van der Waals surface area contributed by atoms with Crippen LogP contribution in [0.15, 0.2) is 78.9 Å². The van der Waals surface area contributed by atoms with E-state index in [4.69, 9.17) is 4.74 Å². The van der Waals surface area contributed by atoms with Crippen molar-refractivity contribution in [2.75, 3.05) is 10.6 Å². The summed E-state index contributed by atoms with van der Waals surface area (Å²) in [5, 5.41) is 9.09. The van der Waals surface area contributed by atoms with Crippen LogP contribution in [0.5, 0.6) is 5.75 Å². The molecule has 0 spiro atoms. The first-order valence-corrected chi connectivity index (χ1v) is 9.46. The number of ether oxygens (including phenoxy) is 1. The Morgan fingerprint density at radius 3 is 2.07 bits per heavy atom. The first-order valence-electron chi connectivity index (χ1n) is 9.46. The minimum Gasteiger partial charge on any atom is -0.489 e. The van der Waals surface area contributed by atoms with Crippen molar-refractivity contribution in [3.05, 3.63) is 84.4 Å². The minimum atomic E-state index is -0.144. The van der Waals surface area contributed by atoms with Crippen molar-refractivity contribution in [2.45, 2.75) is 25.5 Å². The summed E-state index contributed by atoms with van der Waals surface area (Å²) in [6, 6.07) is 25.8. The number of carbonyl (C=O) groups is 1. The SMILES string of the molecule is O=C(Nc1ccc(Nc2ccc(OCc3ccccc3)cc2)cc1)NC1CC1. The van der Waals surface area contributed by atoms with Crippen LogP contribution < -0.4 is 20.7 Å². The van der Waals surface area contributed by atoms with Crippen molar-refractivity contribution in [3.63, 3.8) is 0 Å². The van der Waals surface area contributed by atoms with Gasteiger partial charge in [0.15, 0.2) is 0 Å². The summed E-state index contributed by atoms with van der Waals surface area (Å²) in [4.78, 5) is 11.8. The Balaban J connectivity index is 1.28. The molecule has 0 atom stereocenters. The molecule has 0 radical (unpaired) electrons. The van der Waals surface area contributed by atoms with E-state index >= 15 is 0 Å². The lowest BCUT2D eigenvalue weighted by Gasteiger charge is -2.10. The zero-order chi connectivity index (χ0) is 19.2. The predicted octanol–water partition coefficient (Wildman–Crippen LogP) is 5.29. The number of benzene rings is 3. The van der Waals surface area contributed by atoms with Crippen molar-refractivity contribution in [2.24, 2.45) is 0 Å². The van der Waals surface area contributed by atoms with Crippen molar-refractivity contribution in [1.29, 1.82) is 0 Å². The number of amides is 2. The Morgan fingerprint density at radius 2 is 1.43 bits per heavy atom. The lowest BCUT2D eigenvalue weighted by molar-refractivity contribution is 0.251. The summed E-state index contributed by atoms with van der Waals surface area (Å²) in [5.41, 5.74) is 3.84. The molecule has 3 aromatic rings. The van der Waals surface area contributed by atoms with Crippen molar-refractivity contribution < 1.29 is 9.53 Å². The van der Waals surface area contributed by atoms with E-state index < -0.39 is 0 Å².